The molecular weight excluding hydrogens is 560 g/mol. The lowest BCUT2D eigenvalue weighted by atomic mass is 9.73. The average molecular weight is 601 g/mol. The van der Waals surface area contributed by atoms with Gasteiger partial charge in [0.2, 0.25) is 0 Å². The van der Waals surface area contributed by atoms with E-state index in [4.69, 9.17) is 24.2 Å². The van der Waals surface area contributed by atoms with Crippen LogP contribution >= 0.6 is 11.8 Å². The maximum absolute atomic E-state index is 12.6. The molecule has 4 atom stereocenters. The molecular formula is C29H40N6O6S. The summed E-state index contributed by atoms with van der Waals surface area (Å²) < 4.78 is 17.6. The highest BCUT2D eigenvalue weighted by atomic mass is 32.2. The van der Waals surface area contributed by atoms with Crippen LogP contribution in [0.4, 0.5) is 16.4 Å². The van der Waals surface area contributed by atoms with Gasteiger partial charge in [-0.15, -0.1) is 0 Å². The zero-order valence-electron chi connectivity index (χ0n) is 24.6. The molecule has 4 aliphatic heterocycles. The van der Waals surface area contributed by atoms with E-state index < -0.39 is 11.7 Å². The summed E-state index contributed by atoms with van der Waals surface area (Å²) in [5, 5.41) is 24.1. The van der Waals surface area contributed by atoms with Crippen molar-refractivity contribution in [3.8, 4) is 5.75 Å². The Kier molecular flexibility index (Phi) is 7.88. The van der Waals surface area contributed by atoms with Crippen LogP contribution in [0.15, 0.2) is 28.4 Å². The summed E-state index contributed by atoms with van der Waals surface area (Å²) in [5.74, 6) is 2.10. The van der Waals surface area contributed by atoms with E-state index in [9.17, 15) is 15.0 Å². The van der Waals surface area contributed by atoms with E-state index in [1.807, 2.05) is 33.8 Å². The predicted octanol–water partition coefficient (Wildman–Crippen LogP) is 2.75. The Hall–Kier alpha value is -2.87. The lowest BCUT2D eigenvalue weighted by Crippen LogP contribution is -2.55. The van der Waals surface area contributed by atoms with Crippen LogP contribution in [0.1, 0.15) is 52.7 Å². The molecule has 6 rings (SSSR count). The Morgan fingerprint density at radius 1 is 1.26 bits per heavy atom. The summed E-state index contributed by atoms with van der Waals surface area (Å²) in [5.41, 5.74) is -0.250. The van der Waals surface area contributed by atoms with Crippen LogP contribution in [0, 0.1) is 5.41 Å². The van der Waals surface area contributed by atoms with Crippen LogP contribution in [-0.2, 0) is 16.1 Å². The number of amides is 1. The second-order valence-corrected chi connectivity index (χ2v) is 13.8. The summed E-state index contributed by atoms with van der Waals surface area (Å²) in [4.78, 5) is 31.8. The number of aliphatic hydroxyl groups is 2. The van der Waals surface area contributed by atoms with Crippen molar-refractivity contribution in [2.75, 3.05) is 42.6 Å². The van der Waals surface area contributed by atoms with Gasteiger partial charge in [-0.25, -0.2) is 19.7 Å². The number of nitrogens with one attached hydrogen (secondary N) is 1. The SMILES string of the molecule is C[C@@H]1OCC2(CCN(c3ncc(Sc4ccnc5c4OC[C@@H]4C[C@H](O)CN54)nc3CO)CC2)[C@@H]1NC(=O)OC(C)(C)C. The number of carbonyl (C=O) groups is 1. The van der Waals surface area contributed by atoms with E-state index in [1.165, 1.54) is 11.8 Å². The highest BCUT2D eigenvalue weighted by Crippen LogP contribution is 2.45. The molecule has 13 heteroatoms. The highest BCUT2D eigenvalue weighted by Gasteiger charge is 2.50. The molecule has 4 aliphatic rings. The van der Waals surface area contributed by atoms with Crippen LogP contribution < -0.4 is 19.9 Å². The number of nitrogens with zero attached hydrogens (tertiary/aromatic N) is 5. The van der Waals surface area contributed by atoms with E-state index in [-0.39, 0.29) is 36.3 Å². The number of carbonyl (C=O) groups excluding carboxylic acids is 1. The minimum absolute atomic E-state index is 0.113. The van der Waals surface area contributed by atoms with Crippen molar-refractivity contribution in [2.45, 2.75) is 93.4 Å². The van der Waals surface area contributed by atoms with Gasteiger partial charge in [0.15, 0.2) is 17.4 Å². The van der Waals surface area contributed by atoms with Gasteiger partial charge in [-0.3, -0.25) is 0 Å². The van der Waals surface area contributed by atoms with Crippen molar-refractivity contribution in [3.05, 3.63) is 24.2 Å². The molecule has 228 valence electrons. The number of aromatic nitrogens is 3. The number of anilines is 2. The lowest BCUT2D eigenvalue weighted by molar-refractivity contribution is 0.0434. The minimum Gasteiger partial charge on any atom is -0.486 e. The van der Waals surface area contributed by atoms with Crippen LogP contribution in [0.3, 0.4) is 0 Å². The first-order chi connectivity index (χ1) is 20.0. The van der Waals surface area contributed by atoms with Gasteiger partial charge in [-0.05, 0) is 53.0 Å². The molecule has 0 aliphatic carbocycles. The van der Waals surface area contributed by atoms with Gasteiger partial charge in [0.05, 0.1) is 48.6 Å². The summed E-state index contributed by atoms with van der Waals surface area (Å²) >= 11 is 1.42. The van der Waals surface area contributed by atoms with Crippen molar-refractivity contribution in [2.24, 2.45) is 5.41 Å². The van der Waals surface area contributed by atoms with Crippen molar-refractivity contribution < 1.29 is 29.2 Å². The Morgan fingerprint density at radius 2 is 2.05 bits per heavy atom. The monoisotopic (exact) mass is 600 g/mol. The van der Waals surface area contributed by atoms with Crippen LogP contribution in [0.5, 0.6) is 5.75 Å². The Morgan fingerprint density at radius 3 is 2.79 bits per heavy atom. The molecule has 3 fully saturated rings. The largest absolute Gasteiger partial charge is 0.486 e. The normalized spacial score (nSPS) is 26.5. The molecule has 3 N–H and O–H groups in total. The first kappa shape index (κ1) is 29.2. The van der Waals surface area contributed by atoms with E-state index in [0.29, 0.717) is 61.6 Å². The highest BCUT2D eigenvalue weighted by molar-refractivity contribution is 7.99. The first-order valence-corrected chi connectivity index (χ1v) is 15.4. The topological polar surface area (TPSA) is 142 Å². The summed E-state index contributed by atoms with van der Waals surface area (Å²) in [6.07, 6.45) is 4.83. The van der Waals surface area contributed by atoms with Gasteiger partial charge in [0.25, 0.3) is 0 Å². The number of aliphatic hydroxyl groups excluding tert-OH is 2. The third-order valence-electron chi connectivity index (χ3n) is 8.59. The van der Waals surface area contributed by atoms with Gasteiger partial charge in [-0.1, -0.05) is 11.8 Å². The molecule has 42 heavy (non-hydrogen) atoms. The number of hydrogen-bond acceptors (Lipinski definition) is 12. The number of fused-ring (bicyclic) bond motifs is 3. The van der Waals surface area contributed by atoms with E-state index >= 15 is 0 Å². The molecule has 0 aromatic carbocycles. The number of pyridine rings is 1. The van der Waals surface area contributed by atoms with Crippen LogP contribution in [0.25, 0.3) is 0 Å². The third kappa shape index (κ3) is 5.71. The van der Waals surface area contributed by atoms with Crippen molar-refractivity contribution in [1.82, 2.24) is 20.3 Å². The molecule has 12 nitrogen and oxygen atoms in total. The number of rotatable bonds is 5. The zero-order chi connectivity index (χ0) is 29.6. The Labute approximate surface area is 250 Å². The Balaban J connectivity index is 1.14. The number of alkyl carbamates (subject to hydrolysis) is 1. The van der Waals surface area contributed by atoms with E-state index in [1.54, 1.807) is 12.4 Å². The molecule has 1 spiro atoms. The predicted molar refractivity (Wildman–Crippen MR) is 156 cm³/mol. The third-order valence-corrected chi connectivity index (χ3v) is 9.54. The fourth-order valence-corrected chi connectivity index (χ4v) is 7.43. The lowest BCUT2D eigenvalue weighted by Gasteiger charge is -2.43. The average Bonchev–Trinajstić information content (AvgIpc) is 3.47. The molecule has 0 saturated carbocycles. The second-order valence-electron chi connectivity index (χ2n) is 12.7. The number of piperidine rings is 1. The van der Waals surface area contributed by atoms with E-state index in [2.05, 4.69) is 20.1 Å². The molecule has 6 heterocycles. The molecule has 0 bridgehead atoms. The maximum atomic E-state index is 12.6. The Bertz CT molecular complexity index is 1320. The van der Waals surface area contributed by atoms with Crippen LogP contribution in [-0.4, -0.2) is 94.0 Å². The number of ether oxygens (including phenoxy) is 3. The quantitative estimate of drug-likeness (QED) is 0.464. The zero-order valence-corrected chi connectivity index (χ0v) is 25.4. The van der Waals surface area contributed by atoms with E-state index in [0.717, 1.165) is 23.6 Å². The summed E-state index contributed by atoms with van der Waals surface area (Å²) in [6.45, 7) is 10.3. The molecule has 2 aromatic rings. The first-order valence-electron chi connectivity index (χ1n) is 14.6. The van der Waals surface area contributed by atoms with Gasteiger partial charge < -0.3 is 39.5 Å². The molecule has 3 saturated heterocycles. The van der Waals surface area contributed by atoms with Crippen molar-refractivity contribution in [3.63, 3.8) is 0 Å². The summed E-state index contributed by atoms with van der Waals surface area (Å²) in [6, 6.07) is 1.87. The van der Waals surface area contributed by atoms with Gasteiger partial charge in [-0.2, -0.15) is 0 Å². The maximum Gasteiger partial charge on any atom is 0.407 e. The van der Waals surface area contributed by atoms with Gasteiger partial charge >= 0.3 is 6.09 Å². The molecule has 0 radical (unpaired) electrons. The van der Waals surface area contributed by atoms with Crippen molar-refractivity contribution >= 4 is 29.5 Å². The fourth-order valence-electron chi connectivity index (χ4n) is 6.57. The molecule has 2 aromatic heterocycles. The van der Waals surface area contributed by atoms with Crippen LogP contribution in [0.2, 0.25) is 0 Å². The van der Waals surface area contributed by atoms with Gasteiger partial charge in [0.1, 0.15) is 22.9 Å². The fraction of sp³-hybridized carbons (Fsp3) is 0.655. The van der Waals surface area contributed by atoms with Crippen molar-refractivity contribution in [1.29, 1.82) is 0 Å². The smallest absolute Gasteiger partial charge is 0.407 e. The second kappa shape index (κ2) is 11.3. The number of hydrogen-bond donors (Lipinski definition) is 3. The molecule has 0 unspecified atom stereocenters. The minimum atomic E-state index is -0.572. The summed E-state index contributed by atoms with van der Waals surface area (Å²) in [7, 11) is 0. The van der Waals surface area contributed by atoms with Gasteiger partial charge in [0, 0.05) is 31.2 Å². The molecule has 1 amide bonds. The standard InChI is InChI=1S/C29H40N6O6S/c1-17-24(33-27(38)41-28(2,3)4)29(16-40-17)6-9-34(10-7-29)25-20(14-36)32-22(12-31-25)42-21-5-8-30-26-23(21)39-15-18-11-19(37)13-35(18)26/h5,8,12,17-19,24,36-37H,6-7,9-11,13-16H2,1-4H3,(H,33,38)/t17-,18-,19-,24+/m0/s1.